The molecule has 3 heteroatoms. The van der Waals surface area contributed by atoms with Crippen LogP contribution >= 0.6 is 23.4 Å². The van der Waals surface area contributed by atoms with Gasteiger partial charge >= 0.3 is 0 Å². The number of hydrogen-bond acceptors (Lipinski definition) is 2. The summed E-state index contributed by atoms with van der Waals surface area (Å²) in [5.74, 6) is 2.02. The average molecular weight is 270 g/mol. The third-order valence-electron chi connectivity index (χ3n) is 3.02. The van der Waals surface area contributed by atoms with Crippen molar-refractivity contribution in [3.63, 3.8) is 0 Å². The second-order valence-electron chi connectivity index (χ2n) is 5.04. The molecule has 1 atom stereocenters. The van der Waals surface area contributed by atoms with E-state index < -0.39 is 0 Å². The molecule has 0 aliphatic carbocycles. The van der Waals surface area contributed by atoms with Gasteiger partial charge in [0.2, 0.25) is 0 Å². The maximum Gasteiger partial charge on any atom is 0.0598 e. The summed E-state index contributed by atoms with van der Waals surface area (Å²) >= 11 is 7.99. The molecule has 17 heavy (non-hydrogen) atoms. The molecular formula is C14H20ClNS. The van der Waals surface area contributed by atoms with E-state index in [1.54, 1.807) is 0 Å². The van der Waals surface area contributed by atoms with Crippen molar-refractivity contribution in [3.05, 3.63) is 34.9 Å². The normalized spacial score (nSPS) is 21.3. The largest absolute Gasteiger partial charge is 0.290 e. The van der Waals surface area contributed by atoms with Crippen molar-refractivity contribution in [3.8, 4) is 0 Å². The molecular weight excluding hydrogens is 250 g/mol. The molecule has 1 unspecified atom stereocenters. The molecule has 1 aliphatic rings. The van der Waals surface area contributed by atoms with E-state index in [0.717, 1.165) is 17.4 Å². The summed E-state index contributed by atoms with van der Waals surface area (Å²) in [7, 11) is 0. The Balaban J connectivity index is 1.95. The fourth-order valence-corrected chi connectivity index (χ4v) is 3.69. The minimum absolute atomic E-state index is 0.651. The highest BCUT2D eigenvalue weighted by Gasteiger charge is 2.25. The predicted molar refractivity (Wildman–Crippen MR) is 77.8 cm³/mol. The third kappa shape index (κ3) is 3.90. The topological polar surface area (TPSA) is 3.24 Å². The highest BCUT2D eigenvalue weighted by Crippen LogP contribution is 2.27. The van der Waals surface area contributed by atoms with Crippen LogP contribution in [0.15, 0.2) is 24.3 Å². The summed E-state index contributed by atoms with van der Waals surface area (Å²) in [6.45, 7) is 7.04. The molecule has 0 N–H and O–H groups in total. The van der Waals surface area contributed by atoms with Gasteiger partial charge in [0.15, 0.2) is 0 Å². The van der Waals surface area contributed by atoms with Gasteiger partial charge in [0, 0.05) is 23.9 Å². The fraction of sp³-hybridized carbons (Fsp3) is 0.571. The average Bonchev–Trinajstić information content (AvgIpc) is 2.68. The Morgan fingerprint density at radius 2 is 2.06 bits per heavy atom. The molecule has 0 saturated carbocycles. The predicted octanol–water partition coefficient (Wildman–Crippen LogP) is 3.91. The monoisotopic (exact) mass is 269 g/mol. The molecule has 1 fully saturated rings. The van der Waals surface area contributed by atoms with Crippen molar-refractivity contribution >= 4 is 23.4 Å². The highest BCUT2D eigenvalue weighted by atomic mass is 35.5. The lowest BCUT2D eigenvalue weighted by molar-refractivity contribution is 0.254. The van der Waals surface area contributed by atoms with Crippen molar-refractivity contribution in [2.45, 2.75) is 25.6 Å². The van der Waals surface area contributed by atoms with E-state index in [4.69, 9.17) is 11.6 Å². The van der Waals surface area contributed by atoms with E-state index in [0.29, 0.717) is 5.37 Å². The van der Waals surface area contributed by atoms with Crippen LogP contribution < -0.4 is 0 Å². The van der Waals surface area contributed by atoms with Crippen LogP contribution in [0.4, 0.5) is 0 Å². The van der Waals surface area contributed by atoms with E-state index in [1.165, 1.54) is 24.4 Å². The summed E-state index contributed by atoms with van der Waals surface area (Å²) in [5, 5.41) is 1.48. The van der Waals surface area contributed by atoms with E-state index in [1.807, 2.05) is 12.1 Å². The van der Waals surface area contributed by atoms with Crippen molar-refractivity contribution in [1.82, 2.24) is 4.90 Å². The van der Waals surface area contributed by atoms with Gasteiger partial charge in [0.25, 0.3) is 0 Å². The third-order valence-corrected chi connectivity index (χ3v) is 4.54. The van der Waals surface area contributed by atoms with E-state index in [2.05, 4.69) is 42.6 Å². The molecule has 0 spiro atoms. The maximum atomic E-state index is 5.91. The quantitative estimate of drug-likeness (QED) is 0.815. The van der Waals surface area contributed by atoms with Gasteiger partial charge in [0.05, 0.1) is 5.37 Å². The molecule has 1 nitrogen and oxygen atoms in total. The van der Waals surface area contributed by atoms with Crippen LogP contribution in [-0.2, 0) is 6.42 Å². The number of rotatable bonds is 4. The van der Waals surface area contributed by atoms with Crippen LogP contribution in [0.2, 0.25) is 5.02 Å². The van der Waals surface area contributed by atoms with Crippen LogP contribution in [0.3, 0.4) is 0 Å². The second kappa shape index (κ2) is 6.12. The first-order valence-corrected chi connectivity index (χ1v) is 7.68. The highest BCUT2D eigenvalue weighted by molar-refractivity contribution is 8.00. The Kier molecular flexibility index (Phi) is 4.78. The summed E-state index contributed by atoms with van der Waals surface area (Å²) in [4.78, 5) is 2.62. The van der Waals surface area contributed by atoms with Gasteiger partial charge in [-0.3, -0.25) is 4.90 Å². The van der Waals surface area contributed by atoms with E-state index in [-0.39, 0.29) is 0 Å². The first-order chi connectivity index (χ1) is 8.15. The molecule has 2 rings (SSSR count). The number of thioether (sulfide) groups is 1. The number of halogens is 1. The lowest BCUT2D eigenvalue weighted by Gasteiger charge is -2.25. The van der Waals surface area contributed by atoms with Crippen LogP contribution in [0.1, 0.15) is 19.4 Å². The van der Waals surface area contributed by atoms with E-state index >= 15 is 0 Å². The zero-order valence-electron chi connectivity index (χ0n) is 10.5. The SMILES string of the molecule is CC(C)CN1CCSC1Cc1ccc(Cl)cc1. The van der Waals surface area contributed by atoms with Crippen molar-refractivity contribution < 1.29 is 0 Å². The van der Waals surface area contributed by atoms with Gasteiger partial charge in [-0.1, -0.05) is 37.6 Å². The second-order valence-corrected chi connectivity index (χ2v) is 6.77. The van der Waals surface area contributed by atoms with Gasteiger partial charge in [-0.05, 0) is 30.0 Å². The Bertz CT molecular complexity index is 350. The fourth-order valence-electron chi connectivity index (χ4n) is 2.24. The molecule has 0 bridgehead atoms. The maximum absolute atomic E-state index is 5.91. The summed E-state index contributed by atoms with van der Waals surface area (Å²) < 4.78 is 0. The number of nitrogens with zero attached hydrogens (tertiary/aromatic N) is 1. The summed E-state index contributed by atoms with van der Waals surface area (Å²) in [6, 6.07) is 8.27. The first-order valence-electron chi connectivity index (χ1n) is 6.25. The van der Waals surface area contributed by atoms with Crippen LogP contribution in [0, 0.1) is 5.92 Å². The minimum atomic E-state index is 0.651. The van der Waals surface area contributed by atoms with Crippen molar-refractivity contribution in [1.29, 1.82) is 0 Å². The minimum Gasteiger partial charge on any atom is -0.290 e. The Morgan fingerprint density at radius 1 is 1.35 bits per heavy atom. The smallest absolute Gasteiger partial charge is 0.0598 e. The molecule has 1 heterocycles. The lowest BCUT2D eigenvalue weighted by atomic mass is 10.1. The van der Waals surface area contributed by atoms with Crippen LogP contribution in [-0.4, -0.2) is 29.1 Å². The molecule has 0 aromatic heterocycles. The van der Waals surface area contributed by atoms with Gasteiger partial charge < -0.3 is 0 Å². The van der Waals surface area contributed by atoms with Crippen LogP contribution in [0.25, 0.3) is 0 Å². The van der Waals surface area contributed by atoms with Crippen molar-refractivity contribution in [2.75, 3.05) is 18.8 Å². The molecule has 0 radical (unpaired) electrons. The Morgan fingerprint density at radius 3 is 2.71 bits per heavy atom. The van der Waals surface area contributed by atoms with Crippen LogP contribution in [0.5, 0.6) is 0 Å². The molecule has 1 aliphatic heterocycles. The van der Waals surface area contributed by atoms with Gasteiger partial charge in [0.1, 0.15) is 0 Å². The summed E-state index contributed by atoms with van der Waals surface area (Å²) in [5.41, 5.74) is 1.39. The Hall–Kier alpha value is -0.180. The standard InChI is InChI=1S/C14H20ClNS/c1-11(2)10-16-7-8-17-14(16)9-12-3-5-13(15)6-4-12/h3-6,11,14H,7-10H2,1-2H3. The molecule has 1 saturated heterocycles. The summed E-state index contributed by atoms with van der Waals surface area (Å²) in [6.07, 6.45) is 1.13. The zero-order valence-corrected chi connectivity index (χ0v) is 12.1. The zero-order chi connectivity index (χ0) is 12.3. The first kappa shape index (κ1) is 13.3. The molecule has 0 amide bonds. The number of hydrogen-bond donors (Lipinski definition) is 0. The van der Waals surface area contributed by atoms with Gasteiger partial charge in [-0.2, -0.15) is 0 Å². The van der Waals surface area contributed by atoms with Gasteiger partial charge in [-0.25, -0.2) is 0 Å². The molecule has 1 aromatic rings. The molecule has 1 aromatic carbocycles. The van der Waals surface area contributed by atoms with E-state index in [9.17, 15) is 0 Å². The molecule has 94 valence electrons. The number of benzene rings is 1. The lowest BCUT2D eigenvalue weighted by Crippen LogP contribution is -2.33. The van der Waals surface area contributed by atoms with Crippen molar-refractivity contribution in [2.24, 2.45) is 5.92 Å². The van der Waals surface area contributed by atoms with Gasteiger partial charge in [-0.15, -0.1) is 11.8 Å². The Labute approximate surface area is 114 Å².